The van der Waals surface area contributed by atoms with Crippen molar-refractivity contribution in [1.82, 2.24) is 10.9 Å². The van der Waals surface area contributed by atoms with E-state index in [0.717, 1.165) is 11.1 Å². The van der Waals surface area contributed by atoms with Gasteiger partial charge in [-0.3, -0.25) is 10.2 Å². The maximum atomic E-state index is 11.9. The average molecular weight is 361 g/mol. The molecule has 0 saturated carbocycles. The summed E-state index contributed by atoms with van der Waals surface area (Å²) < 4.78 is 5.62. The molecule has 3 rings (SSSR count). The van der Waals surface area contributed by atoms with Crippen molar-refractivity contribution in [2.45, 2.75) is 0 Å². The van der Waals surface area contributed by atoms with Crippen LogP contribution in [0.1, 0.15) is 0 Å². The van der Waals surface area contributed by atoms with Crippen LogP contribution >= 0.6 is 0 Å². The van der Waals surface area contributed by atoms with Crippen LogP contribution in [0.25, 0.3) is 11.1 Å². The summed E-state index contributed by atoms with van der Waals surface area (Å²) in [5.74, 6) is 0.119. The van der Waals surface area contributed by atoms with E-state index in [9.17, 15) is 9.59 Å². The van der Waals surface area contributed by atoms with Crippen molar-refractivity contribution in [3.05, 3.63) is 84.9 Å². The summed E-state index contributed by atoms with van der Waals surface area (Å²) in [6.45, 7) is -0.227. The number of benzene rings is 3. The topological polar surface area (TPSA) is 79.5 Å². The fraction of sp³-hybridized carbons (Fsp3) is 0.0476. The molecule has 0 unspecified atom stereocenters. The van der Waals surface area contributed by atoms with Crippen LogP contribution in [0.4, 0.5) is 10.5 Å². The Labute approximate surface area is 157 Å². The Hall–Kier alpha value is -3.80. The molecule has 0 atom stereocenters. The fourth-order valence-electron chi connectivity index (χ4n) is 2.44. The maximum Gasteiger partial charge on any atom is 0.337 e. The van der Waals surface area contributed by atoms with E-state index in [2.05, 4.69) is 16.2 Å². The standard InChI is InChI=1S/C21H19N3O3/c25-20(23-24-21(26)22-17-11-5-2-6-12-17)15-27-19-14-8-7-13-18(19)16-9-3-1-4-10-16/h1-14H,15H2,(H,23,25)(H2,22,24,26). The molecule has 0 aliphatic heterocycles. The number of ether oxygens (including phenoxy) is 1. The third kappa shape index (κ3) is 5.34. The van der Waals surface area contributed by atoms with Gasteiger partial charge in [0.2, 0.25) is 0 Å². The van der Waals surface area contributed by atoms with Gasteiger partial charge < -0.3 is 10.1 Å². The molecule has 0 aliphatic rings. The Kier molecular flexibility index (Phi) is 6.04. The molecule has 6 heteroatoms. The Morgan fingerprint density at radius 3 is 2.11 bits per heavy atom. The van der Waals surface area contributed by atoms with Gasteiger partial charge in [0.25, 0.3) is 5.91 Å². The summed E-state index contributed by atoms with van der Waals surface area (Å²) >= 11 is 0. The van der Waals surface area contributed by atoms with Crippen molar-refractivity contribution < 1.29 is 14.3 Å². The second-order valence-electron chi connectivity index (χ2n) is 5.64. The minimum absolute atomic E-state index is 0.227. The Morgan fingerprint density at radius 1 is 0.741 bits per heavy atom. The Balaban J connectivity index is 1.51. The molecule has 0 radical (unpaired) electrons. The van der Waals surface area contributed by atoms with Gasteiger partial charge >= 0.3 is 6.03 Å². The number of urea groups is 1. The van der Waals surface area contributed by atoms with E-state index >= 15 is 0 Å². The van der Waals surface area contributed by atoms with Crippen LogP contribution in [0.15, 0.2) is 84.9 Å². The van der Waals surface area contributed by atoms with Crippen LogP contribution in [0, 0.1) is 0 Å². The van der Waals surface area contributed by atoms with Gasteiger partial charge in [-0.2, -0.15) is 0 Å². The van der Waals surface area contributed by atoms with Gasteiger partial charge in [0, 0.05) is 11.3 Å². The van der Waals surface area contributed by atoms with Crippen molar-refractivity contribution in [1.29, 1.82) is 0 Å². The molecular formula is C21H19N3O3. The molecule has 3 amide bonds. The van der Waals surface area contributed by atoms with Crippen molar-refractivity contribution >= 4 is 17.6 Å². The first-order valence-electron chi connectivity index (χ1n) is 8.40. The van der Waals surface area contributed by atoms with Crippen molar-refractivity contribution in [2.75, 3.05) is 11.9 Å². The Morgan fingerprint density at radius 2 is 1.37 bits per heavy atom. The van der Waals surface area contributed by atoms with Crippen LogP contribution in [-0.4, -0.2) is 18.5 Å². The van der Waals surface area contributed by atoms with Crippen molar-refractivity contribution in [3.8, 4) is 16.9 Å². The lowest BCUT2D eigenvalue weighted by atomic mass is 10.1. The number of hydrazine groups is 1. The molecule has 0 spiro atoms. The molecule has 0 bridgehead atoms. The van der Waals surface area contributed by atoms with E-state index in [4.69, 9.17) is 4.74 Å². The lowest BCUT2D eigenvalue weighted by Gasteiger charge is -2.12. The summed E-state index contributed by atoms with van der Waals surface area (Å²) in [5.41, 5.74) is 7.10. The zero-order valence-electron chi connectivity index (χ0n) is 14.5. The molecule has 27 heavy (non-hydrogen) atoms. The second kappa shape index (κ2) is 9.05. The van der Waals surface area contributed by atoms with E-state index in [-0.39, 0.29) is 6.61 Å². The maximum absolute atomic E-state index is 11.9. The lowest BCUT2D eigenvalue weighted by molar-refractivity contribution is -0.123. The lowest BCUT2D eigenvalue weighted by Crippen LogP contribution is -2.45. The number of carbonyl (C=O) groups excluding carboxylic acids is 2. The molecular weight excluding hydrogens is 342 g/mol. The highest BCUT2D eigenvalue weighted by atomic mass is 16.5. The highest BCUT2D eigenvalue weighted by Crippen LogP contribution is 2.29. The van der Waals surface area contributed by atoms with Crippen molar-refractivity contribution in [3.63, 3.8) is 0 Å². The number of rotatable bonds is 5. The van der Waals surface area contributed by atoms with E-state index in [1.165, 1.54) is 0 Å². The molecule has 0 fully saturated rings. The minimum Gasteiger partial charge on any atom is -0.483 e. The van der Waals surface area contributed by atoms with Crippen LogP contribution in [-0.2, 0) is 4.79 Å². The first-order valence-corrected chi connectivity index (χ1v) is 8.40. The van der Waals surface area contributed by atoms with Gasteiger partial charge in [0.05, 0.1) is 0 Å². The number of carbonyl (C=O) groups is 2. The quantitative estimate of drug-likeness (QED) is 0.608. The van der Waals surface area contributed by atoms with E-state index in [0.29, 0.717) is 11.4 Å². The summed E-state index contributed by atoms with van der Waals surface area (Å²) in [5, 5.41) is 2.60. The van der Waals surface area contributed by atoms with Crippen LogP contribution < -0.4 is 20.9 Å². The number of para-hydroxylation sites is 2. The third-order valence-corrected chi connectivity index (χ3v) is 3.68. The number of hydrogen-bond donors (Lipinski definition) is 3. The smallest absolute Gasteiger partial charge is 0.337 e. The van der Waals surface area contributed by atoms with Gasteiger partial charge in [-0.1, -0.05) is 66.7 Å². The van der Waals surface area contributed by atoms with Crippen molar-refractivity contribution in [2.24, 2.45) is 0 Å². The van der Waals surface area contributed by atoms with Crippen LogP contribution in [0.5, 0.6) is 5.75 Å². The zero-order chi connectivity index (χ0) is 18.9. The number of anilines is 1. The fourth-order valence-corrected chi connectivity index (χ4v) is 2.44. The molecule has 0 heterocycles. The molecule has 6 nitrogen and oxygen atoms in total. The molecule has 0 aromatic heterocycles. The predicted octanol–water partition coefficient (Wildman–Crippen LogP) is 3.59. The summed E-state index contributed by atoms with van der Waals surface area (Å²) in [7, 11) is 0. The highest BCUT2D eigenvalue weighted by Gasteiger charge is 2.09. The third-order valence-electron chi connectivity index (χ3n) is 3.68. The predicted molar refractivity (Wildman–Crippen MR) is 104 cm³/mol. The summed E-state index contributed by atoms with van der Waals surface area (Å²) in [6.07, 6.45) is 0. The van der Waals surface area contributed by atoms with E-state index in [1.54, 1.807) is 30.3 Å². The summed E-state index contributed by atoms with van der Waals surface area (Å²) in [6, 6.07) is 25.6. The minimum atomic E-state index is -0.542. The number of amides is 3. The zero-order valence-corrected chi connectivity index (χ0v) is 14.5. The molecule has 3 aromatic rings. The molecule has 3 aromatic carbocycles. The Bertz CT molecular complexity index is 899. The van der Waals surface area contributed by atoms with Crippen LogP contribution in [0.3, 0.4) is 0 Å². The van der Waals surface area contributed by atoms with Gasteiger partial charge in [-0.25, -0.2) is 10.2 Å². The van der Waals surface area contributed by atoms with Crippen LogP contribution in [0.2, 0.25) is 0 Å². The first kappa shape index (κ1) is 18.0. The van der Waals surface area contributed by atoms with Gasteiger partial charge in [0.15, 0.2) is 6.61 Å². The van der Waals surface area contributed by atoms with E-state index < -0.39 is 11.9 Å². The second-order valence-corrected chi connectivity index (χ2v) is 5.64. The highest BCUT2D eigenvalue weighted by molar-refractivity contribution is 5.91. The molecule has 136 valence electrons. The average Bonchev–Trinajstić information content (AvgIpc) is 2.72. The summed E-state index contributed by atoms with van der Waals surface area (Å²) in [4.78, 5) is 23.7. The molecule has 0 aliphatic carbocycles. The van der Waals surface area contributed by atoms with Gasteiger partial charge in [-0.15, -0.1) is 0 Å². The van der Waals surface area contributed by atoms with Gasteiger partial charge in [-0.05, 0) is 23.8 Å². The number of hydrogen-bond acceptors (Lipinski definition) is 3. The number of nitrogens with one attached hydrogen (secondary N) is 3. The normalized spacial score (nSPS) is 9.93. The van der Waals surface area contributed by atoms with E-state index in [1.807, 2.05) is 54.6 Å². The molecule has 0 saturated heterocycles. The first-order chi connectivity index (χ1) is 13.2. The SMILES string of the molecule is O=C(COc1ccccc1-c1ccccc1)NNC(=O)Nc1ccccc1. The monoisotopic (exact) mass is 361 g/mol. The largest absolute Gasteiger partial charge is 0.483 e. The molecule has 3 N–H and O–H groups in total. The van der Waals surface area contributed by atoms with Gasteiger partial charge in [0.1, 0.15) is 5.75 Å².